The van der Waals surface area contributed by atoms with Crippen LogP contribution in [-0.2, 0) is 19.1 Å². The second-order valence-corrected chi connectivity index (χ2v) is 11.0. The summed E-state index contributed by atoms with van der Waals surface area (Å²) in [5, 5.41) is 14.5. The zero-order valence-corrected chi connectivity index (χ0v) is 23.0. The predicted octanol–water partition coefficient (Wildman–Crippen LogP) is 3.84. The molecule has 2 saturated heterocycles. The van der Waals surface area contributed by atoms with Crippen molar-refractivity contribution in [2.75, 3.05) is 26.4 Å². The molecular weight excluding hydrogens is 568 g/mol. The van der Waals surface area contributed by atoms with Crippen molar-refractivity contribution in [3.8, 4) is 0 Å². The number of nitrogens with zero attached hydrogens (tertiary/aromatic N) is 3. The molecule has 9 nitrogen and oxygen atoms in total. The Kier molecular flexibility index (Phi) is 8.17. The highest BCUT2D eigenvalue weighted by Crippen LogP contribution is 2.45. The van der Waals surface area contributed by atoms with Crippen LogP contribution in [0.1, 0.15) is 41.9 Å². The predicted molar refractivity (Wildman–Crippen MR) is 140 cm³/mol. The number of morpholine rings is 1. The largest absolute Gasteiger partial charge is 0.481 e. The standard InChI is InChI=1S/C27H28F4N4O5S/c1-3-40-26(38)21-18(10-35-15-8-14(9-20(36)37)27(30,31)19(35)12-39-11-15)33-24(25-32-6-7-41-25)34-23(21)16-4-5-17(28)22(29)13(16)2/h4-7,14-15,19,23H,3,8-12H2,1-2H3,(H,33,34)(H,36,37)/t14-,15?,19?,23+/m1/s1. The molecule has 2 N–H and O–H groups in total. The van der Waals surface area contributed by atoms with Gasteiger partial charge in [0, 0.05) is 35.8 Å². The molecule has 0 spiro atoms. The summed E-state index contributed by atoms with van der Waals surface area (Å²) in [7, 11) is 0. The number of benzene rings is 1. The number of thiazole rings is 1. The Morgan fingerprint density at radius 3 is 2.76 bits per heavy atom. The number of amidine groups is 1. The fourth-order valence-corrected chi connectivity index (χ4v) is 6.30. The van der Waals surface area contributed by atoms with E-state index < -0.39 is 60.0 Å². The molecule has 2 aromatic rings. The Balaban J connectivity index is 1.62. The number of aliphatic carboxylic acids is 1. The monoisotopic (exact) mass is 596 g/mol. The van der Waals surface area contributed by atoms with E-state index in [2.05, 4.69) is 15.3 Å². The lowest BCUT2D eigenvalue weighted by Gasteiger charge is -2.52. The number of carbonyl (C=O) groups excluding carboxylic acids is 1. The molecule has 4 heterocycles. The number of esters is 1. The molecule has 2 unspecified atom stereocenters. The Labute approximate surface area is 236 Å². The maximum atomic E-state index is 15.6. The minimum atomic E-state index is -3.39. The molecule has 3 aliphatic rings. The van der Waals surface area contributed by atoms with Crippen molar-refractivity contribution in [2.24, 2.45) is 10.9 Å². The highest BCUT2D eigenvalue weighted by molar-refractivity contribution is 7.11. The maximum absolute atomic E-state index is 15.6. The number of halogens is 4. The van der Waals surface area contributed by atoms with E-state index in [1.54, 1.807) is 18.5 Å². The summed E-state index contributed by atoms with van der Waals surface area (Å²) in [6.45, 7) is 2.55. The van der Waals surface area contributed by atoms with E-state index in [-0.39, 0.29) is 61.0 Å². The normalized spacial score (nSPS) is 25.9. The first-order chi connectivity index (χ1) is 19.5. The number of fused-ring (bicyclic) bond motifs is 2. The van der Waals surface area contributed by atoms with Gasteiger partial charge >= 0.3 is 11.9 Å². The lowest BCUT2D eigenvalue weighted by atomic mass is 9.79. The van der Waals surface area contributed by atoms with Crippen LogP contribution in [0, 0.1) is 24.5 Å². The highest BCUT2D eigenvalue weighted by Gasteiger charge is 2.58. The van der Waals surface area contributed by atoms with Crippen LogP contribution < -0.4 is 5.32 Å². The Hall–Kier alpha value is -3.36. The number of carbonyl (C=O) groups is 2. The fraction of sp³-hybridized carbons (Fsp3) is 0.481. The first-order valence-corrected chi connectivity index (χ1v) is 13.9. The van der Waals surface area contributed by atoms with E-state index >= 15 is 8.78 Å². The van der Waals surface area contributed by atoms with Gasteiger partial charge in [-0.2, -0.15) is 0 Å². The third-order valence-electron chi connectivity index (χ3n) is 7.69. The molecule has 220 valence electrons. The molecule has 0 radical (unpaired) electrons. The van der Waals surface area contributed by atoms with Gasteiger partial charge in [0.25, 0.3) is 5.92 Å². The van der Waals surface area contributed by atoms with Gasteiger partial charge in [0.1, 0.15) is 6.04 Å². The van der Waals surface area contributed by atoms with Gasteiger partial charge < -0.3 is 19.9 Å². The van der Waals surface area contributed by atoms with E-state index in [0.717, 1.165) is 6.07 Å². The van der Waals surface area contributed by atoms with Crippen LogP contribution in [0.25, 0.3) is 0 Å². The van der Waals surface area contributed by atoms with E-state index in [1.807, 2.05) is 0 Å². The molecule has 0 aliphatic carbocycles. The van der Waals surface area contributed by atoms with E-state index in [0.29, 0.717) is 5.01 Å². The van der Waals surface area contributed by atoms with E-state index in [9.17, 15) is 23.5 Å². The van der Waals surface area contributed by atoms with E-state index in [1.165, 1.54) is 29.2 Å². The quantitative estimate of drug-likeness (QED) is 0.349. The maximum Gasteiger partial charge on any atom is 0.338 e. The summed E-state index contributed by atoms with van der Waals surface area (Å²) in [5.74, 6) is -8.80. The summed E-state index contributed by atoms with van der Waals surface area (Å²) in [5.41, 5.74) is 0.305. The van der Waals surface area contributed by atoms with Gasteiger partial charge in [-0.15, -0.1) is 11.3 Å². The number of ether oxygens (including phenoxy) is 2. The van der Waals surface area contributed by atoms with E-state index in [4.69, 9.17) is 9.47 Å². The molecule has 1 aromatic heterocycles. The van der Waals surface area contributed by atoms with Gasteiger partial charge in [-0.05, 0) is 37.5 Å². The van der Waals surface area contributed by atoms with Crippen molar-refractivity contribution in [2.45, 2.75) is 50.7 Å². The molecule has 1 aromatic carbocycles. The van der Waals surface area contributed by atoms with Gasteiger partial charge in [0.15, 0.2) is 22.5 Å². The zero-order valence-electron chi connectivity index (χ0n) is 22.2. The smallest absolute Gasteiger partial charge is 0.338 e. The average Bonchev–Trinajstić information content (AvgIpc) is 3.46. The van der Waals surface area contributed by atoms with Gasteiger partial charge in [0.05, 0.1) is 37.9 Å². The SMILES string of the molecule is CCOC(=O)C1=C(CN2C3COCC2C(F)(F)[C@@H](CC(=O)O)C3)NC(c2nccs2)=N[C@H]1c1ccc(F)c(F)c1C. The molecule has 4 atom stereocenters. The number of nitrogens with one attached hydrogen (secondary N) is 1. The lowest BCUT2D eigenvalue weighted by Crippen LogP contribution is -2.67. The van der Waals surface area contributed by atoms with Crippen molar-refractivity contribution in [3.05, 3.63) is 62.7 Å². The Morgan fingerprint density at radius 1 is 1.29 bits per heavy atom. The molecule has 0 amide bonds. The van der Waals surface area contributed by atoms with Crippen molar-refractivity contribution < 1.29 is 41.7 Å². The molecule has 3 aliphatic heterocycles. The Bertz CT molecular complexity index is 1400. The third-order valence-corrected chi connectivity index (χ3v) is 8.47. The Morgan fingerprint density at radius 2 is 2.07 bits per heavy atom. The van der Waals surface area contributed by atoms with Crippen LogP contribution in [-0.4, -0.2) is 77.1 Å². The summed E-state index contributed by atoms with van der Waals surface area (Å²) in [6, 6.07) is -0.891. The summed E-state index contributed by atoms with van der Waals surface area (Å²) in [4.78, 5) is 35.2. The number of carboxylic acids is 1. The summed E-state index contributed by atoms with van der Waals surface area (Å²) < 4.78 is 70.8. The summed E-state index contributed by atoms with van der Waals surface area (Å²) in [6.07, 6.45) is 0.736. The van der Waals surface area contributed by atoms with Crippen LogP contribution in [0.2, 0.25) is 0 Å². The first kappa shape index (κ1) is 29.1. The number of aromatic nitrogens is 1. The number of piperidine rings is 1. The molecule has 5 rings (SSSR count). The topological polar surface area (TPSA) is 113 Å². The minimum Gasteiger partial charge on any atom is -0.481 e. The van der Waals surface area contributed by atoms with Crippen molar-refractivity contribution in [3.63, 3.8) is 0 Å². The highest BCUT2D eigenvalue weighted by atomic mass is 32.1. The van der Waals surface area contributed by atoms with Crippen LogP contribution >= 0.6 is 11.3 Å². The second kappa shape index (κ2) is 11.5. The van der Waals surface area contributed by atoms with Crippen LogP contribution in [0.3, 0.4) is 0 Å². The molecule has 2 bridgehead atoms. The molecular formula is C27H28F4N4O5S. The number of aliphatic imine (C=N–C) groups is 1. The number of rotatable bonds is 8. The molecule has 14 heteroatoms. The third kappa shape index (κ3) is 5.47. The second-order valence-electron chi connectivity index (χ2n) is 10.1. The number of hydrogen-bond acceptors (Lipinski definition) is 9. The molecule has 2 fully saturated rings. The van der Waals surface area contributed by atoms with Crippen LogP contribution in [0.5, 0.6) is 0 Å². The number of alkyl halides is 2. The van der Waals surface area contributed by atoms with Gasteiger partial charge in [0.2, 0.25) is 0 Å². The zero-order chi connectivity index (χ0) is 29.5. The van der Waals surface area contributed by atoms with Crippen LogP contribution in [0.4, 0.5) is 17.6 Å². The number of hydrogen-bond donors (Lipinski definition) is 2. The minimum absolute atomic E-state index is 0.000109. The molecule has 41 heavy (non-hydrogen) atoms. The van der Waals surface area contributed by atoms with Gasteiger partial charge in [-0.1, -0.05) is 6.07 Å². The van der Waals surface area contributed by atoms with Crippen molar-refractivity contribution in [1.82, 2.24) is 15.2 Å². The van der Waals surface area contributed by atoms with Crippen molar-refractivity contribution in [1.29, 1.82) is 0 Å². The van der Waals surface area contributed by atoms with Gasteiger partial charge in [-0.25, -0.2) is 27.3 Å². The van der Waals surface area contributed by atoms with Crippen LogP contribution in [0.15, 0.2) is 40.0 Å². The fourth-order valence-electron chi connectivity index (χ4n) is 5.71. The van der Waals surface area contributed by atoms with Gasteiger partial charge in [-0.3, -0.25) is 14.7 Å². The lowest BCUT2D eigenvalue weighted by molar-refractivity contribution is -0.219. The first-order valence-electron chi connectivity index (χ1n) is 13.0. The van der Waals surface area contributed by atoms with Crippen molar-refractivity contribution >= 4 is 29.1 Å². The summed E-state index contributed by atoms with van der Waals surface area (Å²) >= 11 is 1.24. The number of carboxylic acid groups (broad SMARTS) is 1. The molecule has 0 saturated carbocycles. The average molecular weight is 597 g/mol.